The van der Waals surface area contributed by atoms with Crippen molar-refractivity contribution in [2.75, 3.05) is 18.0 Å². The van der Waals surface area contributed by atoms with Gasteiger partial charge in [0.25, 0.3) is 0 Å². The van der Waals surface area contributed by atoms with E-state index < -0.39 is 0 Å². The molecule has 3 nitrogen and oxygen atoms in total. The van der Waals surface area contributed by atoms with Crippen molar-refractivity contribution < 1.29 is 4.42 Å². The number of aromatic nitrogens is 1. The van der Waals surface area contributed by atoms with Crippen LogP contribution in [0.15, 0.2) is 40.8 Å². The smallest absolute Gasteiger partial charge is 0.228 e. The first-order valence-corrected chi connectivity index (χ1v) is 7.99. The average Bonchev–Trinajstić information content (AvgIpc) is 2.91. The van der Waals surface area contributed by atoms with Crippen molar-refractivity contribution in [2.45, 2.75) is 13.8 Å². The Kier molecular flexibility index (Phi) is 4.27. The van der Waals surface area contributed by atoms with Crippen molar-refractivity contribution in [3.8, 4) is 11.5 Å². The maximum Gasteiger partial charge on any atom is 0.228 e. The van der Waals surface area contributed by atoms with E-state index >= 15 is 0 Å². The minimum atomic E-state index is 0.508. The molecule has 0 amide bonds. The van der Waals surface area contributed by atoms with E-state index in [-0.39, 0.29) is 0 Å². The Morgan fingerprint density at radius 2 is 1.82 bits per heavy atom. The van der Waals surface area contributed by atoms with Gasteiger partial charge in [0.1, 0.15) is 5.52 Å². The summed E-state index contributed by atoms with van der Waals surface area (Å²) in [5.41, 5.74) is 3.44. The first kappa shape index (κ1) is 15.2. The van der Waals surface area contributed by atoms with Gasteiger partial charge in [0.15, 0.2) is 5.58 Å². The lowest BCUT2D eigenvalue weighted by Gasteiger charge is -2.20. The summed E-state index contributed by atoms with van der Waals surface area (Å²) in [6.45, 7) is 6.16. The molecule has 0 unspecified atom stereocenters. The molecule has 5 heteroatoms. The molecule has 3 aromatic rings. The monoisotopic (exact) mass is 334 g/mol. The van der Waals surface area contributed by atoms with E-state index in [0.717, 1.165) is 35.4 Å². The third-order valence-corrected chi connectivity index (χ3v) is 4.21. The van der Waals surface area contributed by atoms with Crippen LogP contribution >= 0.6 is 23.2 Å². The zero-order valence-corrected chi connectivity index (χ0v) is 13.9. The molecule has 0 aliphatic rings. The fourth-order valence-electron chi connectivity index (χ4n) is 2.48. The van der Waals surface area contributed by atoms with E-state index in [4.69, 9.17) is 27.6 Å². The van der Waals surface area contributed by atoms with Crippen molar-refractivity contribution >= 4 is 40.0 Å². The van der Waals surface area contributed by atoms with E-state index in [1.54, 1.807) is 12.1 Å². The number of anilines is 1. The number of benzene rings is 2. The summed E-state index contributed by atoms with van der Waals surface area (Å²) in [5.74, 6) is 0.508. The van der Waals surface area contributed by atoms with Crippen LogP contribution in [0, 0.1) is 0 Å². The van der Waals surface area contributed by atoms with Gasteiger partial charge in [0.05, 0.1) is 10.6 Å². The van der Waals surface area contributed by atoms with Crippen LogP contribution < -0.4 is 4.90 Å². The van der Waals surface area contributed by atoms with Gasteiger partial charge < -0.3 is 9.32 Å². The molecule has 22 heavy (non-hydrogen) atoms. The van der Waals surface area contributed by atoms with Crippen LogP contribution in [-0.2, 0) is 0 Å². The Hall–Kier alpha value is -1.71. The summed E-state index contributed by atoms with van der Waals surface area (Å²) in [6.07, 6.45) is 0. The molecule has 0 fully saturated rings. The van der Waals surface area contributed by atoms with Crippen LogP contribution in [0.3, 0.4) is 0 Å². The molecule has 0 atom stereocenters. The highest BCUT2D eigenvalue weighted by atomic mass is 35.5. The predicted octanol–water partition coefficient (Wildman–Crippen LogP) is 5.65. The lowest BCUT2D eigenvalue weighted by molar-refractivity contribution is 0.619. The Morgan fingerprint density at radius 1 is 1.05 bits per heavy atom. The summed E-state index contributed by atoms with van der Waals surface area (Å²) in [6, 6.07) is 11.3. The van der Waals surface area contributed by atoms with Gasteiger partial charge in [0, 0.05) is 29.9 Å². The fourth-order valence-corrected chi connectivity index (χ4v) is 2.97. The molecule has 0 radical (unpaired) electrons. The van der Waals surface area contributed by atoms with E-state index in [1.807, 2.05) is 18.2 Å². The molecule has 0 spiro atoms. The van der Waals surface area contributed by atoms with Crippen molar-refractivity contribution in [3.63, 3.8) is 0 Å². The van der Waals surface area contributed by atoms with Gasteiger partial charge >= 0.3 is 0 Å². The third-order valence-electron chi connectivity index (χ3n) is 3.66. The lowest BCUT2D eigenvalue weighted by Crippen LogP contribution is -2.21. The van der Waals surface area contributed by atoms with Gasteiger partial charge in [-0.3, -0.25) is 0 Å². The van der Waals surface area contributed by atoms with Crippen LogP contribution in [0.5, 0.6) is 0 Å². The highest BCUT2D eigenvalue weighted by Gasteiger charge is 2.13. The number of hydrogen-bond acceptors (Lipinski definition) is 3. The first-order chi connectivity index (χ1) is 10.6. The highest BCUT2D eigenvalue weighted by Crippen LogP contribution is 2.33. The van der Waals surface area contributed by atoms with Gasteiger partial charge in [-0.25, -0.2) is 4.98 Å². The molecule has 0 bridgehead atoms. The molecule has 2 aromatic carbocycles. The van der Waals surface area contributed by atoms with E-state index in [9.17, 15) is 0 Å². The van der Waals surface area contributed by atoms with Crippen molar-refractivity contribution in [2.24, 2.45) is 0 Å². The van der Waals surface area contributed by atoms with Crippen LogP contribution in [0.1, 0.15) is 13.8 Å². The molecule has 0 saturated heterocycles. The average molecular weight is 335 g/mol. The van der Waals surface area contributed by atoms with Gasteiger partial charge in [-0.2, -0.15) is 0 Å². The minimum Gasteiger partial charge on any atom is -0.436 e. The number of hydrogen-bond donors (Lipinski definition) is 0. The van der Waals surface area contributed by atoms with Gasteiger partial charge in [-0.1, -0.05) is 23.2 Å². The van der Waals surface area contributed by atoms with Crippen LogP contribution in [-0.4, -0.2) is 18.1 Å². The van der Waals surface area contributed by atoms with Gasteiger partial charge in [-0.05, 0) is 44.2 Å². The summed E-state index contributed by atoms with van der Waals surface area (Å²) in [5, 5.41) is 1.12. The van der Waals surface area contributed by atoms with Crippen LogP contribution in [0.4, 0.5) is 5.69 Å². The topological polar surface area (TPSA) is 29.3 Å². The molecule has 0 saturated carbocycles. The zero-order chi connectivity index (χ0) is 15.7. The Labute approximate surface area is 139 Å². The van der Waals surface area contributed by atoms with Crippen molar-refractivity contribution in [1.29, 1.82) is 0 Å². The molecule has 0 aliphatic heterocycles. The molecular weight excluding hydrogens is 319 g/mol. The van der Waals surface area contributed by atoms with E-state index in [0.29, 0.717) is 15.9 Å². The van der Waals surface area contributed by atoms with Crippen molar-refractivity contribution in [1.82, 2.24) is 4.98 Å². The number of nitrogens with zero attached hydrogens (tertiary/aromatic N) is 2. The van der Waals surface area contributed by atoms with Crippen LogP contribution in [0.25, 0.3) is 22.6 Å². The second kappa shape index (κ2) is 6.19. The number of halogens is 2. The zero-order valence-electron chi connectivity index (χ0n) is 12.4. The largest absolute Gasteiger partial charge is 0.436 e. The number of rotatable bonds is 4. The summed E-state index contributed by atoms with van der Waals surface area (Å²) in [7, 11) is 0. The molecule has 114 valence electrons. The molecular formula is C17H16Cl2N2O. The Morgan fingerprint density at radius 3 is 2.50 bits per heavy atom. The van der Waals surface area contributed by atoms with E-state index in [1.165, 1.54) is 0 Å². The summed E-state index contributed by atoms with van der Waals surface area (Å²) in [4.78, 5) is 6.77. The van der Waals surface area contributed by atoms with E-state index in [2.05, 4.69) is 29.8 Å². The maximum atomic E-state index is 6.23. The van der Waals surface area contributed by atoms with Crippen molar-refractivity contribution in [3.05, 3.63) is 46.4 Å². The summed E-state index contributed by atoms with van der Waals surface area (Å²) < 4.78 is 5.89. The number of fused-ring (bicyclic) bond motifs is 1. The molecule has 1 heterocycles. The Balaban J connectivity index is 2.06. The minimum absolute atomic E-state index is 0.508. The Bertz CT molecular complexity index is 810. The molecule has 3 rings (SSSR count). The molecule has 0 N–H and O–H groups in total. The second-order valence-corrected chi connectivity index (χ2v) is 5.81. The quantitative estimate of drug-likeness (QED) is 0.617. The van der Waals surface area contributed by atoms with Gasteiger partial charge in [0.2, 0.25) is 5.89 Å². The lowest BCUT2D eigenvalue weighted by atomic mass is 10.2. The second-order valence-electron chi connectivity index (χ2n) is 4.97. The number of oxazole rings is 1. The fraction of sp³-hybridized carbons (Fsp3) is 0.235. The van der Waals surface area contributed by atoms with Gasteiger partial charge in [-0.15, -0.1) is 0 Å². The molecule has 0 aliphatic carbocycles. The normalized spacial score (nSPS) is 11.1. The first-order valence-electron chi connectivity index (χ1n) is 7.23. The molecule has 1 aromatic heterocycles. The van der Waals surface area contributed by atoms with Crippen LogP contribution in [0.2, 0.25) is 10.0 Å². The SMILES string of the molecule is CCN(CC)c1ccc2nc(-c3ccc(Cl)cc3Cl)oc2c1. The highest BCUT2D eigenvalue weighted by molar-refractivity contribution is 6.36. The summed E-state index contributed by atoms with van der Waals surface area (Å²) >= 11 is 12.2. The standard InChI is InChI=1S/C17H16Cl2N2O/c1-3-21(4-2)12-6-8-15-16(10-12)22-17(20-15)13-7-5-11(18)9-14(13)19/h5-10H,3-4H2,1-2H3. The predicted molar refractivity (Wildman–Crippen MR) is 93.0 cm³/mol. The maximum absolute atomic E-state index is 6.23. The third kappa shape index (κ3) is 2.79.